The summed E-state index contributed by atoms with van der Waals surface area (Å²) in [6.45, 7) is 4.87. The maximum absolute atomic E-state index is 12.3. The summed E-state index contributed by atoms with van der Waals surface area (Å²) in [6.07, 6.45) is 0.949. The van der Waals surface area contributed by atoms with Gasteiger partial charge in [-0.3, -0.25) is 20.4 Å². The second kappa shape index (κ2) is 10.7. The zero-order chi connectivity index (χ0) is 20.7. The summed E-state index contributed by atoms with van der Waals surface area (Å²) in [6, 6.07) is 10.0. The Morgan fingerprint density at radius 2 is 1.61 bits per heavy atom. The molecule has 0 aliphatic rings. The Balaban J connectivity index is 1.94. The lowest BCUT2D eigenvalue weighted by Crippen LogP contribution is -2.41. The minimum atomic E-state index is -0.425. The van der Waals surface area contributed by atoms with Crippen LogP contribution in [0, 0.1) is 9.49 Å². The standard InChI is InChI=1S/C20H22BrIN2O4/c1-12(2)8-9-28-17-6-4-13(10-15(17)21)19(25)23-24-20(26)14-5-7-18(27-3)16(22)11-14/h4-7,10-12H,8-9H2,1-3H3,(H,23,25)(H,24,26). The Labute approximate surface area is 186 Å². The lowest BCUT2D eigenvalue weighted by molar-refractivity contribution is 0.0846. The van der Waals surface area contributed by atoms with Gasteiger partial charge in [0.25, 0.3) is 11.8 Å². The first-order chi connectivity index (χ1) is 13.3. The summed E-state index contributed by atoms with van der Waals surface area (Å²) in [7, 11) is 1.57. The van der Waals surface area contributed by atoms with E-state index in [1.54, 1.807) is 43.5 Å². The van der Waals surface area contributed by atoms with Crippen LogP contribution in [0.15, 0.2) is 40.9 Å². The van der Waals surface area contributed by atoms with E-state index in [4.69, 9.17) is 9.47 Å². The van der Waals surface area contributed by atoms with Crippen molar-refractivity contribution in [2.24, 2.45) is 5.92 Å². The third-order valence-corrected chi connectivity index (χ3v) is 5.31. The van der Waals surface area contributed by atoms with Crippen LogP contribution in [-0.2, 0) is 0 Å². The number of carbonyl (C=O) groups excluding carboxylic acids is 2. The topological polar surface area (TPSA) is 76.7 Å². The zero-order valence-corrected chi connectivity index (χ0v) is 19.6. The largest absolute Gasteiger partial charge is 0.496 e. The van der Waals surface area contributed by atoms with E-state index in [2.05, 4.69) is 63.2 Å². The molecule has 0 radical (unpaired) electrons. The van der Waals surface area contributed by atoms with Gasteiger partial charge in [0.1, 0.15) is 11.5 Å². The van der Waals surface area contributed by atoms with Crippen molar-refractivity contribution in [2.75, 3.05) is 13.7 Å². The number of rotatable bonds is 7. The Hall–Kier alpha value is -1.81. The van der Waals surface area contributed by atoms with Crippen molar-refractivity contribution in [3.05, 3.63) is 55.6 Å². The monoisotopic (exact) mass is 560 g/mol. The van der Waals surface area contributed by atoms with Gasteiger partial charge >= 0.3 is 0 Å². The molecule has 0 saturated carbocycles. The van der Waals surface area contributed by atoms with Crippen molar-refractivity contribution in [2.45, 2.75) is 20.3 Å². The summed E-state index contributed by atoms with van der Waals surface area (Å²) < 4.78 is 12.4. The summed E-state index contributed by atoms with van der Waals surface area (Å²) in [5.74, 6) is 1.07. The number of amides is 2. The smallest absolute Gasteiger partial charge is 0.269 e. The summed E-state index contributed by atoms with van der Waals surface area (Å²) in [4.78, 5) is 24.5. The normalized spacial score (nSPS) is 10.5. The molecular weight excluding hydrogens is 539 g/mol. The molecule has 2 aromatic carbocycles. The highest BCUT2D eigenvalue weighted by molar-refractivity contribution is 14.1. The minimum Gasteiger partial charge on any atom is -0.496 e. The molecule has 0 bridgehead atoms. The van der Waals surface area contributed by atoms with Crippen molar-refractivity contribution >= 4 is 50.3 Å². The van der Waals surface area contributed by atoms with Gasteiger partial charge in [-0.15, -0.1) is 0 Å². The van der Waals surface area contributed by atoms with E-state index in [0.29, 0.717) is 39.6 Å². The molecule has 28 heavy (non-hydrogen) atoms. The SMILES string of the molecule is COc1ccc(C(=O)NNC(=O)c2ccc(OCCC(C)C)c(Br)c2)cc1I. The van der Waals surface area contributed by atoms with E-state index in [1.165, 1.54) is 0 Å². The van der Waals surface area contributed by atoms with Crippen molar-refractivity contribution in [1.82, 2.24) is 10.9 Å². The number of halogens is 2. The highest BCUT2D eigenvalue weighted by atomic mass is 127. The number of ether oxygens (including phenoxy) is 2. The molecule has 0 atom stereocenters. The lowest BCUT2D eigenvalue weighted by Gasteiger charge is -2.12. The van der Waals surface area contributed by atoms with Gasteiger partial charge in [-0.2, -0.15) is 0 Å². The summed E-state index contributed by atoms with van der Waals surface area (Å²) in [5.41, 5.74) is 5.64. The average Bonchev–Trinajstić information content (AvgIpc) is 2.66. The predicted molar refractivity (Wildman–Crippen MR) is 120 cm³/mol. The van der Waals surface area contributed by atoms with Crippen LogP contribution < -0.4 is 20.3 Å². The highest BCUT2D eigenvalue weighted by Gasteiger charge is 2.13. The molecule has 2 aromatic rings. The molecule has 2 amide bonds. The van der Waals surface area contributed by atoms with Crippen molar-refractivity contribution < 1.29 is 19.1 Å². The first-order valence-corrected chi connectivity index (χ1v) is 10.6. The van der Waals surface area contributed by atoms with Crippen LogP contribution in [0.3, 0.4) is 0 Å². The van der Waals surface area contributed by atoms with E-state index in [0.717, 1.165) is 9.99 Å². The van der Waals surface area contributed by atoms with E-state index in [1.807, 2.05) is 0 Å². The number of hydrazine groups is 1. The number of benzene rings is 2. The second-order valence-corrected chi connectivity index (χ2v) is 8.45. The molecule has 0 aliphatic carbocycles. The maximum atomic E-state index is 12.3. The molecule has 0 heterocycles. The Morgan fingerprint density at radius 1 is 1.04 bits per heavy atom. The van der Waals surface area contributed by atoms with Crippen LogP contribution in [0.2, 0.25) is 0 Å². The summed E-state index contributed by atoms with van der Waals surface area (Å²) >= 11 is 5.50. The predicted octanol–water partition coefficient (Wildman–Crippen LogP) is 4.56. The van der Waals surface area contributed by atoms with Crippen LogP contribution in [0.5, 0.6) is 11.5 Å². The Morgan fingerprint density at radius 3 is 2.11 bits per heavy atom. The van der Waals surface area contributed by atoms with E-state index in [9.17, 15) is 9.59 Å². The van der Waals surface area contributed by atoms with Crippen LogP contribution in [0.4, 0.5) is 0 Å². The van der Waals surface area contributed by atoms with Gasteiger partial charge < -0.3 is 9.47 Å². The van der Waals surface area contributed by atoms with Gasteiger partial charge in [-0.05, 0) is 87.3 Å². The zero-order valence-electron chi connectivity index (χ0n) is 15.8. The molecular formula is C20H22BrIN2O4. The number of nitrogens with one attached hydrogen (secondary N) is 2. The molecule has 2 rings (SSSR count). The fourth-order valence-electron chi connectivity index (χ4n) is 2.23. The van der Waals surface area contributed by atoms with Crippen LogP contribution in [-0.4, -0.2) is 25.5 Å². The fraction of sp³-hybridized carbons (Fsp3) is 0.300. The Kier molecular flexibility index (Phi) is 8.56. The molecule has 0 unspecified atom stereocenters. The van der Waals surface area contributed by atoms with Gasteiger partial charge in [0.15, 0.2) is 0 Å². The number of hydrogen-bond donors (Lipinski definition) is 2. The van der Waals surface area contributed by atoms with Gasteiger partial charge in [0.05, 0.1) is 21.8 Å². The molecule has 0 aromatic heterocycles. The molecule has 0 spiro atoms. The van der Waals surface area contributed by atoms with Crippen LogP contribution in [0.25, 0.3) is 0 Å². The van der Waals surface area contributed by atoms with Crippen molar-refractivity contribution in [3.8, 4) is 11.5 Å². The van der Waals surface area contributed by atoms with Crippen molar-refractivity contribution in [1.29, 1.82) is 0 Å². The van der Waals surface area contributed by atoms with Crippen LogP contribution in [0.1, 0.15) is 41.0 Å². The number of hydrogen-bond acceptors (Lipinski definition) is 4. The minimum absolute atomic E-state index is 0.396. The molecule has 6 nitrogen and oxygen atoms in total. The third kappa shape index (κ3) is 6.37. The molecule has 0 fully saturated rings. The van der Waals surface area contributed by atoms with Crippen molar-refractivity contribution in [3.63, 3.8) is 0 Å². The van der Waals surface area contributed by atoms with E-state index >= 15 is 0 Å². The second-order valence-electron chi connectivity index (χ2n) is 6.43. The molecule has 0 saturated heterocycles. The molecule has 2 N–H and O–H groups in total. The first-order valence-electron chi connectivity index (χ1n) is 8.68. The van der Waals surface area contributed by atoms with E-state index < -0.39 is 11.8 Å². The number of methoxy groups -OCH3 is 1. The van der Waals surface area contributed by atoms with E-state index in [-0.39, 0.29) is 0 Å². The first kappa shape index (κ1) is 22.5. The maximum Gasteiger partial charge on any atom is 0.269 e. The fourth-order valence-corrected chi connectivity index (χ4v) is 3.46. The van der Waals surface area contributed by atoms with Crippen LogP contribution >= 0.6 is 38.5 Å². The lowest BCUT2D eigenvalue weighted by atomic mass is 10.1. The average molecular weight is 561 g/mol. The molecule has 8 heteroatoms. The van der Waals surface area contributed by atoms with Gasteiger partial charge in [0, 0.05) is 11.1 Å². The molecule has 150 valence electrons. The Bertz CT molecular complexity index is 858. The van der Waals surface area contributed by atoms with Gasteiger partial charge in [0.2, 0.25) is 0 Å². The highest BCUT2D eigenvalue weighted by Crippen LogP contribution is 2.26. The number of carbonyl (C=O) groups is 2. The van der Waals surface area contributed by atoms with Gasteiger partial charge in [-0.25, -0.2) is 0 Å². The van der Waals surface area contributed by atoms with Gasteiger partial charge in [-0.1, -0.05) is 13.8 Å². The molecule has 0 aliphatic heterocycles. The quantitative estimate of drug-likeness (QED) is 0.384. The third-order valence-electron chi connectivity index (χ3n) is 3.85. The summed E-state index contributed by atoms with van der Waals surface area (Å²) in [5, 5.41) is 0.